The third-order valence-corrected chi connectivity index (χ3v) is 5.07. The highest BCUT2D eigenvalue weighted by Crippen LogP contribution is 2.34. The fourth-order valence-electron chi connectivity index (χ4n) is 3.61. The lowest BCUT2D eigenvalue weighted by molar-refractivity contribution is -0.137. The molecule has 6 N–H and O–H groups in total. The molecule has 3 rings (SSSR count). The molecule has 1 unspecified atom stereocenters. The smallest absolute Gasteiger partial charge is 0.304 e. The van der Waals surface area contributed by atoms with Gasteiger partial charge >= 0.3 is 5.97 Å². The molecule has 8 heteroatoms. The first-order valence-corrected chi connectivity index (χ1v) is 10.3. The molecule has 0 spiro atoms. The molecule has 0 heterocycles. The van der Waals surface area contributed by atoms with Gasteiger partial charge in [-0.2, -0.15) is 0 Å². The predicted molar refractivity (Wildman–Crippen MR) is 127 cm³/mol. The fourth-order valence-corrected chi connectivity index (χ4v) is 3.61. The van der Waals surface area contributed by atoms with Crippen LogP contribution in [0, 0.1) is 0 Å². The molecule has 0 fully saturated rings. The average molecular weight is 447 g/mol. The van der Waals surface area contributed by atoms with Gasteiger partial charge in [-0.05, 0) is 35.4 Å². The highest BCUT2D eigenvalue weighted by molar-refractivity contribution is 5.95. The minimum absolute atomic E-state index is 0.0877. The number of methoxy groups -OCH3 is 1. The Bertz CT molecular complexity index is 1170. The average Bonchev–Trinajstić information content (AvgIpc) is 2.81. The van der Waals surface area contributed by atoms with E-state index in [4.69, 9.17) is 16.2 Å². The number of nitrogens with one attached hydrogen (secondary N) is 1. The second kappa shape index (κ2) is 10.8. The third kappa shape index (κ3) is 6.33. The van der Waals surface area contributed by atoms with Gasteiger partial charge in [0.15, 0.2) is 5.96 Å². The van der Waals surface area contributed by atoms with E-state index in [1.165, 1.54) is 0 Å². The third-order valence-electron chi connectivity index (χ3n) is 5.07. The summed E-state index contributed by atoms with van der Waals surface area (Å²) in [4.78, 5) is 28.1. The number of carbonyl (C=O) groups is 2. The summed E-state index contributed by atoms with van der Waals surface area (Å²) in [6, 6.07) is 21.5. The van der Waals surface area contributed by atoms with Crippen LogP contribution in [0.15, 0.2) is 77.8 Å². The number of nitrogens with zero attached hydrogens (tertiary/aromatic N) is 1. The van der Waals surface area contributed by atoms with Crippen molar-refractivity contribution in [2.24, 2.45) is 16.5 Å². The number of nitrogens with two attached hydrogens (primary N) is 2. The van der Waals surface area contributed by atoms with E-state index in [1.54, 1.807) is 31.4 Å². The van der Waals surface area contributed by atoms with Gasteiger partial charge in [0.05, 0.1) is 19.2 Å². The molecule has 0 saturated carbocycles. The number of amides is 1. The number of benzene rings is 3. The SMILES string of the molecule is COc1ccccc1C(CC(=O)O)c1cccc(CNC(=O)c2cccc(N=C(N)N)c2)c1. The predicted octanol–water partition coefficient (Wildman–Crippen LogP) is 3.14. The van der Waals surface area contributed by atoms with Crippen molar-refractivity contribution in [1.29, 1.82) is 0 Å². The van der Waals surface area contributed by atoms with Gasteiger partial charge in [0.1, 0.15) is 5.75 Å². The number of carboxylic acid groups (broad SMARTS) is 1. The maximum Gasteiger partial charge on any atom is 0.304 e. The lowest BCUT2D eigenvalue weighted by Gasteiger charge is -2.19. The lowest BCUT2D eigenvalue weighted by Crippen LogP contribution is -2.23. The van der Waals surface area contributed by atoms with E-state index < -0.39 is 11.9 Å². The summed E-state index contributed by atoms with van der Waals surface area (Å²) in [5.74, 6) is -1.05. The zero-order valence-corrected chi connectivity index (χ0v) is 18.2. The van der Waals surface area contributed by atoms with E-state index in [0.29, 0.717) is 17.0 Å². The molecule has 0 radical (unpaired) electrons. The Morgan fingerprint density at radius 1 is 1.03 bits per heavy atom. The lowest BCUT2D eigenvalue weighted by atomic mass is 9.87. The highest BCUT2D eigenvalue weighted by Gasteiger charge is 2.21. The molecule has 33 heavy (non-hydrogen) atoms. The van der Waals surface area contributed by atoms with Gasteiger partial charge < -0.3 is 26.6 Å². The van der Waals surface area contributed by atoms with Gasteiger partial charge in [0.2, 0.25) is 0 Å². The van der Waals surface area contributed by atoms with Crippen molar-refractivity contribution in [1.82, 2.24) is 5.32 Å². The van der Waals surface area contributed by atoms with E-state index in [9.17, 15) is 14.7 Å². The number of aliphatic carboxylic acids is 1. The molecule has 0 aromatic heterocycles. The number of rotatable bonds is 9. The number of aliphatic imine (C=N–C) groups is 1. The molecule has 0 saturated heterocycles. The zero-order chi connectivity index (χ0) is 23.8. The van der Waals surface area contributed by atoms with E-state index in [0.717, 1.165) is 16.7 Å². The van der Waals surface area contributed by atoms with Crippen molar-refractivity contribution >= 4 is 23.5 Å². The summed E-state index contributed by atoms with van der Waals surface area (Å²) in [6.45, 7) is 0.269. The fraction of sp³-hybridized carbons (Fsp3) is 0.160. The van der Waals surface area contributed by atoms with E-state index in [2.05, 4.69) is 10.3 Å². The van der Waals surface area contributed by atoms with Crippen LogP contribution < -0.4 is 21.5 Å². The van der Waals surface area contributed by atoms with Crippen LogP contribution in [0.25, 0.3) is 0 Å². The Hall–Kier alpha value is -4.33. The van der Waals surface area contributed by atoms with Crippen molar-refractivity contribution in [3.63, 3.8) is 0 Å². The molecule has 3 aromatic rings. The first-order chi connectivity index (χ1) is 15.9. The summed E-state index contributed by atoms with van der Waals surface area (Å²) in [5.41, 5.74) is 14.2. The van der Waals surface area contributed by atoms with Crippen LogP contribution in [0.3, 0.4) is 0 Å². The molecule has 170 valence electrons. The maximum atomic E-state index is 12.6. The van der Waals surface area contributed by atoms with Crippen LogP contribution in [0.5, 0.6) is 5.75 Å². The molecule has 0 aliphatic rings. The van der Waals surface area contributed by atoms with Gasteiger partial charge in [-0.15, -0.1) is 0 Å². The second-order valence-corrected chi connectivity index (χ2v) is 7.41. The number of guanidine groups is 1. The number of carbonyl (C=O) groups excluding carboxylic acids is 1. The van der Waals surface area contributed by atoms with E-state index in [1.807, 2.05) is 48.5 Å². The van der Waals surface area contributed by atoms with Gasteiger partial charge in [0.25, 0.3) is 5.91 Å². The Morgan fingerprint density at radius 3 is 2.52 bits per heavy atom. The van der Waals surface area contributed by atoms with Crippen molar-refractivity contribution in [2.45, 2.75) is 18.9 Å². The summed E-state index contributed by atoms with van der Waals surface area (Å²) in [5, 5.41) is 12.4. The molecule has 0 aliphatic heterocycles. The van der Waals surface area contributed by atoms with Crippen LogP contribution in [0.2, 0.25) is 0 Å². The number of hydrogen-bond acceptors (Lipinski definition) is 4. The summed E-state index contributed by atoms with van der Waals surface area (Å²) < 4.78 is 5.45. The Kier molecular flexibility index (Phi) is 7.64. The van der Waals surface area contributed by atoms with Crippen molar-refractivity contribution < 1.29 is 19.4 Å². The maximum absolute atomic E-state index is 12.6. The quantitative estimate of drug-likeness (QED) is 0.294. The van der Waals surface area contributed by atoms with Gasteiger partial charge in [-0.3, -0.25) is 9.59 Å². The molecule has 8 nitrogen and oxygen atoms in total. The molecule has 3 aromatic carbocycles. The van der Waals surface area contributed by atoms with Gasteiger partial charge in [-0.25, -0.2) is 4.99 Å². The molecule has 0 aliphatic carbocycles. The van der Waals surface area contributed by atoms with Crippen LogP contribution >= 0.6 is 0 Å². The molecule has 1 atom stereocenters. The summed E-state index contributed by atoms with van der Waals surface area (Å²) >= 11 is 0. The largest absolute Gasteiger partial charge is 0.496 e. The van der Waals surface area contributed by atoms with Crippen LogP contribution in [0.4, 0.5) is 5.69 Å². The van der Waals surface area contributed by atoms with Gasteiger partial charge in [0, 0.05) is 23.6 Å². The van der Waals surface area contributed by atoms with Crippen LogP contribution in [-0.4, -0.2) is 30.1 Å². The number of carboxylic acids is 1. The van der Waals surface area contributed by atoms with Crippen LogP contribution in [0.1, 0.15) is 39.4 Å². The standard InChI is InChI=1S/C25H26N4O4/c1-33-22-11-3-2-10-20(22)21(14-23(30)31)17-7-4-6-16(12-17)15-28-24(32)18-8-5-9-19(13-18)29-25(26)27/h2-13,21H,14-15H2,1H3,(H,28,32)(H,30,31)(H4,26,27,29). The molecule has 1 amide bonds. The second-order valence-electron chi connectivity index (χ2n) is 7.41. The highest BCUT2D eigenvalue weighted by atomic mass is 16.5. The van der Waals surface area contributed by atoms with Crippen molar-refractivity contribution in [2.75, 3.05) is 7.11 Å². The first kappa shape index (κ1) is 23.3. The zero-order valence-electron chi connectivity index (χ0n) is 18.2. The van der Waals surface area contributed by atoms with Gasteiger partial charge in [-0.1, -0.05) is 48.5 Å². The minimum atomic E-state index is -0.912. The molecule has 0 bridgehead atoms. The number of hydrogen-bond donors (Lipinski definition) is 4. The van der Waals surface area contributed by atoms with E-state index >= 15 is 0 Å². The molecular formula is C25H26N4O4. The Morgan fingerprint density at radius 2 is 1.79 bits per heavy atom. The normalized spacial score (nSPS) is 11.3. The number of para-hydroxylation sites is 1. The van der Waals surface area contributed by atoms with E-state index in [-0.39, 0.29) is 24.8 Å². The molecular weight excluding hydrogens is 420 g/mol. The number of ether oxygens (including phenoxy) is 1. The summed E-state index contributed by atoms with van der Waals surface area (Å²) in [7, 11) is 1.56. The van der Waals surface area contributed by atoms with Crippen molar-refractivity contribution in [3.8, 4) is 5.75 Å². The van der Waals surface area contributed by atoms with Crippen LogP contribution in [-0.2, 0) is 11.3 Å². The Labute approximate surface area is 191 Å². The topological polar surface area (TPSA) is 140 Å². The van der Waals surface area contributed by atoms with Crippen molar-refractivity contribution in [3.05, 3.63) is 95.1 Å². The first-order valence-electron chi connectivity index (χ1n) is 10.3. The minimum Gasteiger partial charge on any atom is -0.496 e. The monoisotopic (exact) mass is 446 g/mol. The summed E-state index contributed by atoms with van der Waals surface area (Å²) in [6.07, 6.45) is -0.0895. The Balaban J connectivity index is 1.80.